The van der Waals surface area contributed by atoms with Gasteiger partial charge in [-0.1, -0.05) is 316 Å². The van der Waals surface area contributed by atoms with Crippen molar-refractivity contribution in [1.82, 2.24) is 5.32 Å². The molecule has 0 saturated carbocycles. The summed E-state index contributed by atoms with van der Waals surface area (Å²) in [7, 11) is 0. The fourth-order valence-electron chi connectivity index (χ4n) is 9.08. The molecule has 72 heavy (non-hydrogen) atoms. The normalized spacial score (nSPS) is 13.6. The van der Waals surface area contributed by atoms with Crippen molar-refractivity contribution < 1.29 is 15.0 Å². The summed E-state index contributed by atoms with van der Waals surface area (Å²) < 4.78 is 0. The third kappa shape index (κ3) is 57.9. The molecule has 0 fully saturated rings. The van der Waals surface area contributed by atoms with E-state index < -0.39 is 12.1 Å². The average Bonchev–Trinajstić information content (AvgIpc) is 3.39. The third-order valence-electron chi connectivity index (χ3n) is 13.8. The van der Waals surface area contributed by atoms with E-state index >= 15 is 0 Å². The van der Waals surface area contributed by atoms with Crippen LogP contribution in [0.1, 0.15) is 296 Å². The Balaban J connectivity index is 3.56. The van der Waals surface area contributed by atoms with Crippen LogP contribution in [0.4, 0.5) is 0 Å². The van der Waals surface area contributed by atoms with E-state index in [1.807, 2.05) is 6.08 Å². The molecule has 414 valence electrons. The molecule has 0 aliphatic rings. The first-order valence-electron chi connectivity index (χ1n) is 31.1. The molecule has 2 unspecified atom stereocenters. The molecule has 0 rings (SSSR count). The first-order chi connectivity index (χ1) is 35.7. The SMILES string of the molecule is CC/C=C\C/C=C\C/C=C\C/C=C\C/C=C\C/C=C\C/C=C\C/C=C\CCCCCCCCCCCCC(=O)NC(CO)C(O)/C=C/CCCCCCCCCCCCCCCCCCCCCCCCC. The zero-order valence-corrected chi connectivity index (χ0v) is 47.7. The monoisotopic (exact) mass is 998 g/mol. The van der Waals surface area contributed by atoms with Crippen molar-refractivity contribution in [2.45, 2.75) is 309 Å². The van der Waals surface area contributed by atoms with Gasteiger partial charge >= 0.3 is 0 Å². The summed E-state index contributed by atoms with van der Waals surface area (Å²) in [4.78, 5) is 12.5. The van der Waals surface area contributed by atoms with Gasteiger partial charge in [-0.15, -0.1) is 0 Å². The lowest BCUT2D eigenvalue weighted by Gasteiger charge is -2.20. The molecule has 2 atom stereocenters. The predicted molar refractivity (Wildman–Crippen MR) is 322 cm³/mol. The topological polar surface area (TPSA) is 69.6 Å². The highest BCUT2D eigenvalue weighted by molar-refractivity contribution is 5.76. The van der Waals surface area contributed by atoms with Gasteiger partial charge in [-0.2, -0.15) is 0 Å². The van der Waals surface area contributed by atoms with Gasteiger partial charge in [-0.05, 0) is 83.5 Å². The molecule has 0 aromatic heterocycles. The van der Waals surface area contributed by atoms with Crippen LogP contribution in [0.2, 0.25) is 0 Å². The van der Waals surface area contributed by atoms with Crippen LogP contribution in [-0.2, 0) is 4.79 Å². The Bertz CT molecular complexity index is 1360. The van der Waals surface area contributed by atoms with Crippen LogP contribution >= 0.6 is 0 Å². The van der Waals surface area contributed by atoms with Crippen molar-refractivity contribution in [1.29, 1.82) is 0 Å². The van der Waals surface area contributed by atoms with Crippen LogP contribution < -0.4 is 5.32 Å². The Labute approximate surface area is 448 Å². The summed E-state index contributed by atoms with van der Waals surface area (Å²) in [6.07, 6.45) is 94.1. The summed E-state index contributed by atoms with van der Waals surface area (Å²) in [6.45, 7) is 4.21. The predicted octanol–water partition coefficient (Wildman–Crippen LogP) is 21.0. The second-order valence-electron chi connectivity index (χ2n) is 20.7. The van der Waals surface area contributed by atoms with E-state index in [1.54, 1.807) is 6.08 Å². The van der Waals surface area contributed by atoms with Gasteiger partial charge in [0.05, 0.1) is 18.8 Å². The molecule has 3 N–H and O–H groups in total. The standard InChI is InChI=1S/C68H119NO3/c1-3-5-7-9-11-13-15-17-19-21-23-25-27-29-30-31-32-33-34-35-36-37-38-40-42-44-46-48-50-52-54-56-58-60-62-64-68(72)69-66(65-70)67(71)63-61-59-57-55-53-51-49-47-45-43-41-39-28-26-24-22-20-18-16-14-12-10-8-6-4-2/h5,7,11,13,17,19,23,25,29-30,32-33,35-36,38,40,61,63,66-67,70-71H,3-4,6,8-10,12,14-16,18,20-22,24,26-28,31,34,37,39,41-60,62,64-65H2,1-2H3,(H,69,72)/b7-5-,13-11-,19-17-,25-23-,30-29-,33-32-,36-35-,40-38-,63-61+. The largest absolute Gasteiger partial charge is 0.394 e. The molecule has 0 aliphatic carbocycles. The van der Waals surface area contributed by atoms with Crippen LogP contribution in [0.15, 0.2) is 109 Å². The van der Waals surface area contributed by atoms with Crippen molar-refractivity contribution in [2.24, 2.45) is 0 Å². The summed E-state index contributed by atoms with van der Waals surface area (Å²) in [5, 5.41) is 23.2. The molecule has 0 bridgehead atoms. The number of hydrogen-bond acceptors (Lipinski definition) is 3. The number of hydrogen-bond donors (Lipinski definition) is 3. The Hall–Kier alpha value is -2.95. The highest BCUT2D eigenvalue weighted by Gasteiger charge is 2.18. The van der Waals surface area contributed by atoms with Gasteiger partial charge in [0.1, 0.15) is 0 Å². The van der Waals surface area contributed by atoms with Gasteiger partial charge in [0, 0.05) is 6.42 Å². The van der Waals surface area contributed by atoms with E-state index in [-0.39, 0.29) is 12.5 Å². The van der Waals surface area contributed by atoms with Crippen molar-refractivity contribution in [3.8, 4) is 0 Å². The molecule has 4 nitrogen and oxygen atoms in total. The van der Waals surface area contributed by atoms with Gasteiger partial charge in [0.15, 0.2) is 0 Å². The Kier molecular flexibility index (Phi) is 59.8. The van der Waals surface area contributed by atoms with E-state index in [1.165, 1.54) is 199 Å². The summed E-state index contributed by atoms with van der Waals surface area (Å²) in [5.41, 5.74) is 0. The maximum Gasteiger partial charge on any atom is 0.220 e. The van der Waals surface area contributed by atoms with Crippen LogP contribution in [0, 0.1) is 0 Å². The number of allylic oxidation sites excluding steroid dienone is 17. The number of unbranched alkanes of at least 4 members (excludes halogenated alkanes) is 33. The molecular formula is C68H119NO3. The smallest absolute Gasteiger partial charge is 0.220 e. The van der Waals surface area contributed by atoms with Gasteiger partial charge < -0.3 is 15.5 Å². The first kappa shape index (κ1) is 69.0. The molecule has 0 spiro atoms. The zero-order chi connectivity index (χ0) is 52.0. The second kappa shape index (κ2) is 62.3. The number of nitrogens with one attached hydrogen (secondary N) is 1. The van der Waals surface area contributed by atoms with Crippen molar-refractivity contribution in [2.75, 3.05) is 6.61 Å². The maximum absolute atomic E-state index is 12.5. The second-order valence-corrected chi connectivity index (χ2v) is 20.7. The minimum Gasteiger partial charge on any atom is -0.394 e. The Morgan fingerprint density at radius 2 is 0.611 bits per heavy atom. The van der Waals surface area contributed by atoms with Gasteiger partial charge in [-0.3, -0.25) is 4.79 Å². The minimum atomic E-state index is -0.849. The third-order valence-corrected chi connectivity index (χ3v) is 13.8. The molecule has 0 heterocycles. The summed E-state index contributed by atoms with van der Waals surface area (Å²) >= 11 is 0. The van der Waals surface area contributed by atoms with Gasteiger partial charge in [0.25, 0.3) is 0 Å². The molecule has 0 aromatic carbocycles. The Morgan fingerprint density at radius 1 is 0.347 bits per heavy atom. The van der Waals surface area contributed by atoms with E-state index in [2.05, 4.69) is 116 Å². The molecule has 0 radical (unpaired) electrons. The van der Waals surface area contributed by atoms with E-state index in [9.17, 15) is 15.0 Å². The van der Waals surface area contributed by atoms with Crippen molar-refractivity contribution in [3.63, 3.8) is 0 Å². The van der Waals surface area contributed by atoms with Gasteiger partial charge in [-0.25, -0.2) is 0 Å². The number of amides is 1. The summed E-state index contributed by atoms with van der Waals surface area (Å²) in [6, 6.07) is -0.633. The lowest BCUT2D eigenvalue weighted by atomic mass is 10.0. The van der Waals surface area contributed by atoms with Crippen molar-refractivity contribution >= 4 is 5.91 Å². The molecule has 4 heteroatoms. The Morgan fingerprint density at radius 3 is 0.917 bits per heavy atom. The van der Waals surface area contributed by atoms with E-state index in [4.69, 9.17) is 0 Å². The van der Waals surface area contributed by atoms with Gasteiger partial charge in [0.2, 0.25) is 5.91 Å². The highest BCUT2D eigenvalue weighted by atomic mass is 16.3. The fourth-order valence-corrected chi connectivity index (χ4v) is 9.08. The lowest BCUT2D eigenvalue weighted by Crippen LogP contribution is -2.45. The maximum atomic E-state index is 12.5. The number of carbonyl (C=O) groups excluding carboxylic acids is 1. The fraction of sp³-hybridized carbons (Fsp3) is 0.721. The zero-order valence-electron chi connectivity index (χ0n) is 47.7. The minimum absolute atomic E-state index is 0.0699. The molecular weight excluding hydrogens is 879 g/mol. The molecule has 1 amide bonds. The van der Waals surface area contributed by atoms with Crippen LogP contribution in [0.3, 0.4) is 0 Å². The van der Waals surface area contributed by atoms with Crippen LogP contribution in [-0.4, -0.2) is 34.9 Å². The van der Waals surface area contributed by atoms with Crippen molar-refractivity contribution in [3.05, 3.63) is 109 Å². The number of aliphatic hydroxyl groups is 2. The van der Waals surface area contributed by atoms with E-state index in [0.717, 1.165) is 77.0 Å². The number of carbonyl (C=O) groups is 1. The molecule has 0 aliphatic heterocycles. The number of rotatable bonds is 56. The number of aliphatic hydroxyl groups excluding tert-OH is 2. The first-order valence-corrected chi connectivity index (χ1v) is 31.1. The lowest BCUT2D eigenvalue weighted by molar-refractivity contribution is -0.123. The highest BCUT2D eigenvalue weighted by Crippen LogP contribution is 2.17. The van der Waals surface area contributed by atoms with E-state index in [0.29, 0.717) is 6.42 Å². The summed E-state index contributed by atoms with van der Waals surface area (Å²) in [5.74, 6) is -0.0699. The average molecular weight is 999 g/mol. The molecule has 0 saturated heterocycles. The van der Waals surface area contributed by atoms with Crippen LogP contribution in [0.5, 0.6) is 0 Å². The van der Waals surface area contributed by atoms with Crippen LogP contribution in [0.25, 0.3) is 0 Å². The molecule has 0 aromatic rings. The quantitative estimate of drug-likeness (QED) is 0.0420.